The molecule has 0 aliphatic carbocycles. The van der Waals surface area contributed by atoms with Crippen molar-refractivity contribution in [2.75, 3.05) is 30.0 Å². The minimum Gasteiger partial charge on any atom is -0.482 e. The summed E-state index contributed by atoms with van der Waals surface area (Å²) in [6, 6.07) is 14.3. The number of hydrogen-bond acceptors (Lipinski definition) is 5. The van der Waals surface area contributed by atoms with Gasteiger partial charge < -0.3 is 19.7 Å². The Hall–Kier alpha value is -3.35. The van der Waals surface area contributed by atoms with Gasteiger partial charge in [-0.1, -0.05) is 24.3 Å². The highest BCUT2D eigenvalue weighted by Gasteiger charge is 2.21. The van der Waals surface area contributed by atoms with Gasteiger partial charge >= 0.3 is 5.97 Å². The SMILES string of the molecule is Cc1ccccc1OCC(=O)OCC(=O)Nc1cccc(N2CCCC2=O)c1. The first-order chi connectivity index (χ1) is 13.5. The van der Waals surface area contributed by atoms with Crippen molar-refractivity contribution >= 4 is 29.2 Å². The Labute approximate surface area is 163 Å². The topological polar surface area (TPSA) is 84.9 Å². The number of ether oxygens (including phenoxy) is 2. The number of para-hydroxylation sites is 1. The molecule has 3 rings (SSSR count). The fraction of sp³-hybridized carbons (Fsp3) is 0.286. The summed E-state index contributed by atoms with van der Waals surface area (Å²) in [5.41, 5.74) is 2.18. The van der Waals surface area contributed by atoms with Crippen molar-refractivity contribution in [3.05, 3.63) is 54.1 Å². The van der Waals surface area contributed by atoms with Gasteiger partial charge in [0, 0.05) is 24.3 Å². The molecule has 1 heterocycles. The second-order valence-corrected chi connectivity index (χ2v) is 6.46. The Kier molecular flexibility index (Phi) is 6.26. The minimum absolute atomic E-state index is 0.0751. The molecule has 0 aromatic heterocycles. The molecule has 2 amide bonds. The van der Waals surface area contributed by atoms with Gasteiger partial charge in [-0.3, -0.25) is 9.59 Å². The van der Waals surface area contributed by atoms with Gasteiger partial charge in [-0.2, -0.15) is 0 Å². The van der Waals surface area contributed by atoms with Crippen molar-refractivity contribution < 1.29 is 23.9 Å². The van der Waals surface area contributed by atoms with Crippen LogP contribution in [-0.4, -0.2) is 37.5 Å². The monoisotopic (exact) mass is 382 g/mol. The van der Waals surface area contributed by atoms with Gasteiger partial charge in [0.15, 0.2) is 13.2 Å². The zero-order chi connectivity index (χ0) is 19.9. The molecule has 146 valence electrons. The first kappa shape index (κ1) is 19.4. The zero-order valence-corrected chi connectivity index (χ0v) is 15.6. The fourth-order valence-corrected chi connectivity index (χ4v) is 2.91. The summed E-state index contributed by atoms with van der Waals surface area (Å²) in [5.74, 6) is -0.424. The molecule has 1 aliphatic rings. The van der Waals surface area contributed by atoms with E-state index in [9.17, 15) is 14.4 Å². The summed E-state index contributed by atoms with van der Waals surface area (Å²) in [5, 5.41) is 2.66. The lowest BCUT2D eigenvalue weighted by molar-refractivity contribution is -0.149. The van der Waals surface area contributed by atoms with Crippen LogP contribution in [0.15, 0.2) is 48.5 Å². The van der Waals surface area contributed by atoms with E-state index in [2.05, 4.69) is 5.32 Å². The van der Waals surface area contributed by atoms with E-state index in [-0.39, 0.29) is 12.5 Å². The maximum atomic E-state index is 12.0. The predicted molar refractivity (Wildman–Crippen MR) is 104 cm³/mol. The molecule has 0 saturated carbocycles. The molecule has 1 saturated heterocycles. The average molecular weight is 382 g/mol. The van der Waals surface area contributed by atoms with E-state index in [0.29, 0.717) is 24.4 Å². The number of nitrogens with one attached hydrogen (secondary N) is 1. The summed E-state index contributed by atoms with van der Waals surface area (Å²) in [6.07, 6.45) is 1.37. The van der Waals surface area contributed by atoms with Crippen LogP contribution in [0.25, 0.3) is 0 Å². The van der Waals surface area contributed by atoms with Crippen LogP contribution in [0, 0.1) is 6.92 Å². The van der Waals surface area contributed by atoms with Crippen molar-refractivity contribution in [1.29, 1.82) is 0 Å². The van der Waals surface area contributed by atoms with E-state index < -0.39 is 18.5 Å². The third kappa shape index (κ3) is 5.09. The molecule has 0 unspecified atom stereocenters. The predicted octanol–water partition coefficient (Wildman–Crippen LogP) is 2.68. The van der Waals surface area contributed by atoms with Gasteiger partial charge in [0.05, 0.1) is 0 Å². The van der Waals surface area contributed by atoms with Gasteiger partial charge in [0.2, 0.25) is 5.91 Å². The Morgan fingerprint density at radius 3 is 2.68 bits per heavy atom. The van der Waals surface area contributed by atoms with Crippen LogP contribution in [0.3, 0.4) is 0 Å². The number of aryl methyl sites for hydroxylation is 1. The van der Waals surface area contributed by atoms with E-state index in [1.165, 1.54) is 0 Å². The van der Waals surface area contributed by atoms with E-state index in [1.807, 2.05) is 31.2 Å². The summed E-state index contributed by atoms with van der Waals surface area (Å²) in [4.78, 5) is 37.3. The number of rotatable bonds is 7. The Balaban J connectivity index is 1.46. The first-order valence-corrected chi connectivity index (χ1v) is 9.07. The zero-order valence-electron chi connectivity index (χ0n) is 15.6. The number of amides is 2. The lowest BCUT2D eigenvalue weighted by atomic mass is 10.2. The number of hydrogen-bond donors (Lipinski definition) is 1. The number of nitrogens with zero attached hydrogens (tertiary/aromatic N) is 1. The van der Waals surface area contributed by atoms with Gasteiger partial charge in [0.25, 0.3) is 5.91 Å². The highest BCUT2D eigenvalue weighted by molar-refractivity contribution is 5.97. The van der Waals surface area contributed by atoms with Gasteiger partial charge in [0.1, 0.15) is 5.75 Å². The molecule has 0 spiro atoms. The van der Waals surface area contributed by atoms with E-state index >= 15 is 0 Å². The highest BCUT2D eigenvalue weighted by Crippen LogP contribution is 2.24. The van der Waals surface area contributed by atoms with Crippen LogP contribution < -0.4 is 15.0 Å². The Bertz CT molecular complexity index is 881. The van der Waals surface area contributed by atoms with Gasteiger partial charge in [-0.15, -0.1) is 0 Å². The number of carbonyl (C=O) groups excluding carboxylic acids is 3. The smallest absolute Gasteiger partial charge is 0.344 e. The van der Waals surface area contributed by atoms with E-state index in [1.54, 1.807) is 29.2 Å². The summed E-state index contributed by atoms with van der Waals surface area (Å²) in [7, 11) is 0. The van der Waals surface area contributed by atoms with Crippen molar-refractivity contribution in [3.8, 4) is 5.75 Å². The van der Waals surface area contributed by atoms with E-state index in [4.69, 9.17) is 9.47 Å². The second kappa shape index (κ2) is 9.03. The molecule has 0 bridgehead atoms. The first-order valence-electron chi connectivity index (χ1n) is 9.07. The number of carbonyl (C=O) groups is 3. The maximum Gasteiger partial charge on any atom is 0.344 e. The van der Waals surface area contributed by atoms with Crippen molar-refractivity contribution in [1.82, 2.24) is 0 Å². The minimum atomic E-state index is -0.630. The molecule has 0 atom stereocenters. The largest absolute Gasteiger partial charge is 0.482 e. The lowest BCUT2D eigenvalue weighted by Crippen LogP contribution is -2.25. The lowest BCUT2D eigenvalue weighted by Gasteiger charge is -2.16. The van der Waals surface area contributed by atoms with Gasteiger partial charge in [-0.05, 0) is 43.2 Å². The molecule has 1 aliphatic heterocycles. The maximum absolute atomic E-state index is 12.0. The fourth-order valence-electron chi connectivity index (χ4n) is 2.91. The molecule has 7 nitrogen and oxygen atoms in total. The quantitative estimate of drug-likeness (QED) is 0.744. The molecule has 7 heteroatoms. The summed E-state index contributed by atoms with van der Waals surface area (Å²) < 4.78 is 10.3. The van der Waals surface area contributed by atoms with Crippen LogP contribution in [0.5, 0.6) is 5.75 Å². The standard InChI is InChI=1S/C21H22N2O5/c1-15-6-2-3-9-18(15)27-14-21(26)28-13-19(24)22-16-7-4-8-17(12-16)23-11-5-10-20(23)25/h2-4,6-9,12H,5,10-11,13-14H2,1H3,(H,22,24). The highest BCUT2D eigenvalue weighted by atomic mass is 16.6. The third-order valence-electron chi connectivity index (χ3n) is 4.32. The molecule has 1 N–H and O–H groups in total. The normalized spacial score (nSPS) is 13.3. The molecular weight excluding hydrogens is 360 g/mol. The molecular formula is C21H22N2O5. The van der Waals surface area contributed by atoms with Crippen molar-refractivity contribution in [2.45, 2.75) is 19.8 Å². The average Bonchev–Trinajstić information content (AvgIpc) is 3.12. The molecule has 0 radical (unpaired) electrons. The second-order valence-electron chi connectivity index (χ2n) is 6.46. The van der Waals surface area contributed by atoms with Crippen LogP contribution in [-0.2, 0) is 19.1 Å². The summed E-state index contributed by atoms with van der Waals surface area (Å²) >= 11 is 0. The van der Waals surface area contributed by atoms with Gasteiger partial charge in [-0.25, -0.2) is 4.79 Å². The molecule has 28 heavy (non-hydrogen) atoms. The third-order valence-corrected chi connectivity index (χ3v) is 4.32. The van der Waals surface area contributed by atoms with Crippen molar-refractivity contribution in [2.24, 2.45) is 0 Å². The van der Waals surface area contributed by atoms with Crippen LogP contribution in [0.2, 0.25) is 0 Å². The summed E-state index contributed by atoms with van der Waals surface area (Å²) in [6.45, 7) is 1.86. The number of benzene rings is 2. The van der Waals surface area contributed by atoms with Crippen LogP contribution >= 0.6 is 0 Å². The molecule has 2 aromatic rings. The Morgan fingerprint density at radius 1 is 1.11 bits per heavy atom. The van der Waals surface area contributed by atoms with E-state index in [0.717, 1.165) is 17.7 Å². The van der Waals surface area contributed by atoms with Crippen molar-refractivity contribution in [3.63, 3.8) is 0 Å². The number of esters is 1. The number of anilines is 2. The molecule has 2 aromatic carbocycles. The van der Waals surface area contributed by atoms with Crippen LogP contribution in [0.1, 0.15) is 18.4 Å². The van der Waals surface area contributed by atoms with Crippen LogP contribution in [0.4, 0.5) is 11.4 Å². The molecule has 1 fully saturated rings. The Morgan fingerprint density at radius 2 is 1.93 bits per heavy atom.